The molecule has 1 N–H and O–H groups in total. The van der Waals surface area contributed by atoms with Crippen molar-refractivity contribution >= 4 is 21.6 Å². The SMILES string of the molecule is CCC(C(=O)NCCCc1ccccc1)N(c1cc(C)cc(C)c1)S(C)(=O)=O. The number of sulfonamides is 1. The van der Waals surface area contributed by atoms with Crippen LogP contribution < -0.4 is 9.62 Å². The van der Waals surface area contributed by atoms with E-state index in [1.807, 2.05) is 45.0 Å². The second-order valence-corrected chi connectivity index (χ2v) is 9.07. The fourth-order valence-corrected chi connectivity index (χ4v) is 4.60. The molecule has 0 saturated heterocycles. The van der Waals surface area contributed by atoms with Crippen molar-refractivity contribution in [2.24, 2.45) is 0 Å². The van der Waals surface area contributed by atoms with Crippen LogP contribution in [0.5, 0.6) is 0 Å². The average Bonchev–Trinajstić information content (AvgIpc) is 2.61. The van der Waals surface area contributed by atoms with Crippen LogP contribution in [-0.2, 0) is 21.2 Å². The van der Waals surface area contributed by atoms with Crippen LogP contribution in [0.15, 0.2) is 48.5 Å². The fourth-order valence-electron chi connectivity index (χ4n) is 3.40. The number of anilines is 1. The van der Waals surface area contributed by atoms with Crippen molar-refractivity contribution in [1.29, 1.82) is 0 Å². The van der Waals surface area contributed by atoms with Crippen molar-refractivity contribution in [3.63, 3.8) is 0 Å². The minimum atomic E-state index is -3.61. The molecule has 6 heteroatoms. The highest BCUT2D eigenvalue weighted by molar-refractivity contribution is 7.92. The topological polar surface area (TPSA) is 66.5 Å². The Morgan fingerprint density at radius 2 is 1.68 bits per heavy atom. The Morgan fingerprint density at radius 1 is 1.07 bits per heavy atom. The monoisotopic (exact) mass is 402 g/mol. The molecule has 1 unspecified atom stereocenters. The average molecular weight is 403 g/mol. The van der Waals surface area contributed by atoms with Gasteiger partial charge in [0.15, 0.2) is 0 Å². The number of benzene rings is 2. The summed E-state index contributed by atoms with van der Waals surface area (Å²) in [6.07, 6.45) is 3.21. The summed E-state index contributed by atoms with van der Waals surface area (Å²) in [4.78, 5) is 12.8. The minimum absolute atomic E-state index is 0.264. The summed E-state index contributed by atoms with van der Waals surface area (Å²) in [5, 5.41) is 2.91. The van der Waals surface area contributed by atoms with E-state index in [1.54, 1.807) is 12.1 Å². The van der Waals surface area contributed by atoms with Gasteiger partial charge in [0.1, 0.15) is 6.04 Å². The van der Waals surface area contributed by atoms with E-state index in [-0.39, 0.29) is 5.91 Å². The zero-order chi connectivity index (χ0) is 20.7. The second-order valence-electron chi connectivity index (χ2n) is 7.21. The van der Waals surface area contributed by atoms with E-state index in [9.17, 15) is 13.2 Å². The van der Waals surface area contributed by atoms with Crippen LogP contribution in [0.2, 0.25) is 0 Å². The predicted molar refractivity (Wildman–Crippen MR) is 115 cm³/mol. The molecule has 0 spiro atoms. The number of nitrogens with one attached hydrogen (secondary N) is 1. The molecule has 5 nitrogen and oxygen atoms in total. The van der Waals surface area contributed by atoms with E-state index >= 15 is 0 Å². The van der Waals surface area contributed by atoms with Crippen LogP contribution in [0, 0.1) is 13.8 Å². The van der Waals surface area contributed by atoms with Gasteiger partial charge in [-0.25, -0.2) is 8.42 Å². The molecule has 0 radical (unpaired) electrons. The third-order valence-electron chi connectivity index (χ3n) is 4.57. The molecule has 0 saturated carbocycles. The molecule has 2 aromatic rings. The first-order valence-electron chi connectivity index (χ1n) is 9.61. The van der Waals surface area contributed by atoms with Gasteiger partial charge in [-0.05, 0) is 61.9 Å². The maximum atomic E-state index is 12.8. The lowest BCUT2D eigenvalue weighted by atomic mass is 10.1. The molecule has 2 rings (SSSR count). The van der Waals surface area contributed by atoms with Gasteiger partial charge in [-0.2, -0.15) is 0 Å². The molecular weight excluding hydrogens is 372 g/mol. The van der Waals surface area contributed by atoms with E-state index < -0.39 is 16.1 Å². The Morgan fingerprint density at radius 3 is 2.21 bits per heavy atom. The van der Waals surface area contributed by atoms with Gasteiger partial charge in [-0.15, -0.1) is 0 Å². The Balaban J connectivity index is 2.11. The van der Waals surface area contributed by atoms with Gasteiger partial charge in [-0.1, -0.05) is 43.3 Å². The van der Waals surface area contributed by atoms with Crippen LogP contribution >= 0.6 is 0 Å². The number of aryl methyl sites for hydroxylation is 3. The van der Waals surface area contributed by atoms with Gasteiger partial charge in [-0.3, -0.25) is 9.10 Å². The van der Waals surface area contributed by atoms with Gasteiger partial charge >= 0.3 is 0 Å². The number of amides is 1. The van der Waals surface area contributed by atoms with Gasteiger partial charge in [0.05, 0.1) is 11.9 Å². The highest BCUT2D eigenvalue weighted by atomic mass is 32.2. The van der Waals surface area contributed by atoms with Crippen LogP contribution in [0.1, 0.15) is 36.5 Å². The summed E-state index contributed by atoms with van der Waals surface area (Å²) in [5.41, 5.74) is 3.67. The van der Waals surface area contributed by atoms with Gasteiger partial charge in [0.2, 0.25) is 15.9 Å². The third kappa shape index (κ3) is 6.09. The molecule has 28 heavy (non-hydrogen) atoms. The minimum Gasteiger partial charge on any atom is -0.354 e. The van der Waals surface area contributed by atoms with Crippen molar-refractivity contribution in [3.8, 4) is 0 Å². The molecule has 0 bridgehead atoms. The standard InChI is InChI=1S/C22H30N2O3S/c1-5-21(22(25)23-13-9-12-19-10-7-6-8-11-19)24(28(4,26)27)20-15-17(2)14-18(3)16-20/h6-8,10-11,14-16,21H,5,9,12-13H2,1-4H3,(H,23,25). The maximum absolute atomic E-state index is 12.8. The molecule has 1 atom stereocenters. The summed E-state index contributed by atoms with van der Waals surface area (Å²) < 4.78 is 26.3. The van der Waals surface area contributed by atoms with E-state index in [0.29, 0.717) is 18.7 Å². The van der Waals surface area contributed by atoms with Crippen molar-refractivity contribution in [1.82, 2.24) is 5.32 Å². The fraction of sp³-hybridized carbons (Fsp3) is 0.409. The molecule has 2 aromatic carbocycles. The maximum Gasteiger partial charge on any atom is 0.243 e. The molecule has 0 aliphatic rings. The zero-order valence-corrected chi connectivity index (χ0v) is 17.9. The molecule has 0 aliphatic carbocycles. The first-order chi connectivity index (χ1) is 13.2. The number of carbonyl (C=O) groups excluding carboxylic acids is 1. The summed E-state index contributed by atoms with van der Waals surface area (Å²) in [6.45, 7) is 6.17. The summed E-state index contributed by atoms with van der Waals surface area (Å²) in [5.74, 6) is -0.264. The summed E-state index contributed by atoms with van der Waals surface area (Å²) in [7, 11) is -3.61. The van der Waals surface area contributed by atoms with Crippen molar-refractivity contribution in [2.75, 3.05) is 17.1 Å². The normalized spacial score (nSPS) is 12.4. The quantitative estimate of drug-likeness (QED) is 0.652. The number of hydrogen-bond donors (Lipinski definition) is 1. The van der Waals surface area contributed by atoms with Gasteiger partial charge < -0.3 is 5.32 Å². The van der Waals surface area contributed by atoms with E-state index in [0.717, 1.165) is 30.2 Å². The summed E-state index contributed by atoms with van der Waals surface area (Å²) >= 11 is 0. The van der Waals surface area contributed by atoms with Crippen LogP contribution in [0.3, 0.4) is 0 Å². The van der Waals surface area contributed by atoms with Crippen molar-refractivity contribution in [3.05, 3.63) is 65.2 Å². The van der Waals surface area contributed by atoms with Crippen molar-refractivity contribution < 1.29 is 13.2 Å². The lowest BCUT2D eigenvalue weighted by Crippen LogP contribution is -2.49. The molecule has 0 aromatic heterocycles. The lowest BCUT2D eigenvalue weighted by Gasteiger charge is -2.30. The molecule has 152 valence electrons. The number of rotatable bonds is 9. The Hall–Kier alpha value is -2.34. The smallest absolute Gasteiger partial charge is 0.243 e. The largest absolute Gasteiger partial charge is 0.354 e. The lowest BCUT2D eigenvalue weighted by molar-refractivity contribution is -0.122. The Bertz CT molecular complexity index is 875. The molecular formula is C22H30N2O3S. The highest BCUT2D eigenvalue weighted by Crippen LogP contribution is 2.25. The third-order valence-corrected chi connectivity index (χ3v) is 5.75. The van der Waals surface area contributed by atoms with Crippen LogP contribution in [0.4, 0.5) is 5.69 Å². The first kappa shape index (κ1) is 22.0. The van der Waals surface area contributed by atoms with Gasteiger partial charge in [0.25, 0.3) is 0 Å². The van der Waals surface area contributed by atoms with Crippen LogP contribution in [0.25, 0.3) is 0 Å². The summed E-state index contributed by atoms with van der Waals surface area (Å²) in [6, 6.07) is 14.9. The Labute approximate surface area is 168 Å². The highest BCUT2D eigenvalue weighted by Gasteiger charge is 2.31. The molecule has 1 amide bonds. The predicted octanol–water partition coefficient (Wildman–Crippen LogP) is 3.60. The first-order valence-corrected chi connectivity index (χ1v) is 11.5. The second kappa shape index (κ2) is 9.73. The Kier molecular flexibility index (Phi) is 7.63. The number of carbonyl (C=O) groups is 1. The molecule has 0 aliphatic heterocycles. The van der Waals surface area contributed by atoms with E-state index in [4.69, 9.17) is 0 Å². The zero-order valence-electron chi connectivity index (χ0n) is 17.1. The molecule has 0 fully saturated rings. The number of hydrogen-bond acceptors (Lipinski definition) is 3. The van der Waals surface area contributed by atoms with Crippen molar-refractivity contribution in [2.45, 2.75) is 46.1 Å². The van der Waals surface area contributed by atoms with E-state index in [1.165, 1.54) is 9.87 Å². The molecule has 0 heterocycles. The number of nitrogens with zero attached hydrogens (tertiary/aromatic N) is 1. The van der Waals surface area contributed by atoms with Crippen LogP contribution in [-0.4, -0.2) is 33.2 Å². The van der Waals surface area contributed by atoms with E-state index in [2.05, 4.69) is 17.4 Å². The van der Waals surface area contributed by atoms with Gasteiger partial charge in [0, 0.05) is 6.54 Å².